The Morgan fingerprint density at radius 2 is 1.73 bits per heavy atom. The van der Waals surface area contributed by atoms with Crippen LogP contribution in [-0.4, -0.2) is 87.3 Å². The number of hydrogen-bond donors (Lipinski definition) is 7. The molecular weight excluding hydrogens is 849 g/mol. The van der Waals surface area contributed by atoms with Crippen LogP contribution in [0.1, 0.15) is 128 Å². The lowest BCUT2D eigenvalue weighted by Gasteiger charge is -2.45. The molecule has 7 N–H and O–H groups in total. The van der Waals surface area contributed by atoms with E-state index in [0.29, 0.717) is 65.6 Å². The lowest BCUT2D eigenvalue weighted by Crippen LogP contribution is -2.54. The zero-order chi connectivity index (χ0) is 47.4. The number of nitrogens with one attached hydrogen (secondary N) is 2. The largest absolute Gasteiger partial charge is 0.507 e. The Labute approximate surface area is 393 Å². The summed E-state index contributed by atoms with van der Waals surface area (Å²) in [5.41, 5.74) is 3.40. The van der Waals surface area contributed by atoms with Crippen molar-refractivity contribution in [2.24, 2.45) is 11.8 Å². The summed E-state index contributed by atoms with van der Waals surface area (Å²) in [6.45, 7) is 4.07. The number of aliphatic hydroxyl groups is 4. The zero-order valence-electron chi connectivity index (χ0n) is 38.7. The molecule has 10 unspecified atom stereocenters. The quantitative estimate of drug-likeness (QED) is 0.0650. The summed E-state index contributed by atoms with van der Waals surface area (Å²) in [5, 5.41) is 65.6. The van der Waals surface area contributed by atoms with Crippen molar-refractivity contribution in [1.29, 1.82) is 0 Å². The number of hydrogen-bond acceptors (Lipinski definition) is 12. The van der Waals surface area contributed by atoms with Crippen molar-refractivity contribution in [3.63, 3.8) is 0 Å². The fourth-order valence-corrected chi connectivity index (χ4v) is 10.8. The lowest BCUT2D eigenvalue weighted by molar-refractivity contribution is -0.176. The van der Waals surface area contributed by atoms with Crippen LogP contribution < -0.4 is 15.4 Å². The van der Waals surface area contributed by atoms with Crippen LogP contribution in [-0.2, 0) is 38.4 Å². The highest BCUT2D eigenvalue weighted by molar-refractivity contribution is 5.89. The number of likely N-dealkylation sites (N-methyl/N-ethyl adjacent to an activating group) is 1. The van der Waals surface area contributed by atoms with Crippen LogP contribution in [0.25, 0.3) is 0 Å². The first-order valence-electron chi connectivity index (χ1n) is 24.0. The second-order valence-corrected chi connectivity index (χ2v) is 19.3. The zero-order valence-corrected chi connectivity index (χ0v) is 38.7. The molecule has 3 aromatic rings. The van der Waals surface area contributed by atoms with Gasteiger partial charge in [0.05, 0.1) is 30.7 Å². The molecule has 0 aromatic heterocycles. The number of rotatable bonds is 10. The van der Waals surface area contributed by atoms with Crippen LogP contribution in [0, 0.1) is 23.7 Å². The molecule has 3 heterocycles. The number of esters is 2. The molecule has 0 amide bonds. The van der Waals surface area contributed by atoms with Gasteiger partial charge in [-0.15, -0.1) is 0 Å². The van der Waals surface area contributed by atoms with Gasteiger partial charge in [0.1, 0.15) is 29.0 Å². The van der Waals surface area contributed by atoms with Crippen molar-refractivity contribution in [3.05, 3.63) is 123 Å². The molecular formula is C55H64N2O10. The van der Waals surface area contributed by atoms with E-state index in [1.54, 1.807) is 26.1 Å². The third-order valence-corrected chi connectivity index (χ3v) is 14.2. The molecule has 67 heavy (non-hydrogen) atoms. The Balaban J connectivity index is 1.37. The van der Waals surface area contributed by atoms with E-state index in [4.69, 9.17) is 9.47 Å². The molecule has 12 nitrogen and oxygen atoms in total. The van der Waals surface area contributed by atoms with Gasteiger partial charge in [0.25, 0.3) is 0 Å². The van der Waals surface area contributed by atoms with E-state index in [0.717, 1.165) is 11.1 Å². The highest BCUT2D eigenvalue weighted by Gasteiger charge is 2.49. The van der Waals surface area contributed by atoms with E-state index >= 15 is 4.79 Å². The fraction of sp³-hybridized carbons (Fsp3) is 0.473. The average Bonchev–Trinajstić information content (AvgIpc) is 3.30. The Morgan fingerprint density at radius 1 is 0.940 bits per heavy atom. The summed E-state index contributed by atoms with van der Waals surface area (Å²) >= 11 is 0. The molecule has 10 atom stereocenters. The van der Waals surface area contributed by atoms with E-state index in [1.807, 2.05) is 67.6 Å². The standard InChI is InChI=1S/C55H64N2O10/c1-4-17-55(65)43-15-16-47(60)39(23-43)19-33-9-8-10-34(18-33)20-45(59)26-42-21-36(38-22-40(48(61)31-56-3)25-44(24-38)57-30-32(2)58)13-14-37-29-50(62)67-53-46(37)27-41(28-49(55)66-54(42)64)52(63)51(53)35-11-6-5-7-12-35/h5-11,18,22,24-27,32,35-37,39,43,45,48-49,56-59,61,63,65H,4,12,15-17,19-21,23,28-31H2,1-3H3. The van der Waals surface area contributed by atoms with Gasteiger partial charge in [-0.3, -0.25) is 9.59 Å². The molecule has 8 bridgehead atoms. The third kappa shape index (κ3) is 10.8. The number of fused-ring (bicyclic) bond motifs is 8. The molecule has 1 saturated carbocycles. The maximum Gasteiger partial charge on any atom is 0.334 e. The molecule has 5 aliphatic rings. The first-order chi connectivity index (χ1) is 32.2. The summed E-state index contributed by atoms with van der Waals surface area (Å²) in [6.07, 6.45) is 7.86. The minimum atomic E-state index is -1.66. The highest BCUT2D eigenvalue weighted by Crippen LogP contribution is 2.50. The van der Waals surface area contributed by atoms with Crippen LogP contribution in [0.15, 0.2) is 84.5 Å². The predicted molar refractivity (Wildman–Crippen MR) is 255 cm³/mol. The number of anilines is 1. The van der Waals surface area contributed by atoms with E-state index in [9.17, 15) is 35.1 Å². The van der Waals surface area contributed by atoms with Gasteiger partial charge in [-0.1, -0.05) is 79.8 Å². The average molecular weight is 913 g/mol. The summed E-state index contributed by atoms with van der Waals surface area (Å²) < 4.78 is 12.7. The van der Waals surface area contributed by atoms with Gasteiger partial charge in [-0.25, -0.2) is 4.79 Å². The molecule has 0 saturated heterocycles. The topological polar surface area (TPSA) is 195 Å². The second-order valence-electron chi connectivity index (χ2n) is 19.3. The summed E-state index contributed by atoms with van der Waals surface area (Å²) in [6, 6.07) is 15.1. The van der Waals surface area contributed by atoms with Gasteiger partial charge in [-0.05, 0) is 111 Å². The second kappa shape index (κ2) is 20.8. The molecule has 0 spiro atoms. The van der Waals surface area contributed by atoms with Crippen LogP contribution in [0.3, 0.4) is 0 Å². The smallest absolute Gasteiger partial charge is 0.334 e. The number of aromatic hydroxyl groups is 1. The van der Waals surface area contributed by atoms with Crippen LogP contribution in [0.5, 0.6) is 11.5 Å². The van der Waals surface area contributed by atoms with E-state index in [1.165, 1.54) is 6.08 Å². The van der Waals surface area contributed by atoms with Gasteiger partial charge in [0.15, 0.2) is 0 Å². The highest BCUT2D eigenvalue weighted by atomic mass is 16.6. The molecule has 3 aromatic carbocycles. The van der Waals surface area contributed by atoms with Gasteiger partial charge in [-0.2, -0.15) is 0 Å². The van der Waals surface area contributed by atoms with Crippen LogP contribution in [0.2, 0.25) is 0 Å². The van der Waals surface area contributed by atoms with E-state index < -0.39 is 65.6 Å². The Bertz CT molecular complexity index is 2510. The Kier molecular flexibility index (Phi) is 14.8. The monoisotopic (exact) mass is 912 g/mol. The van der Waals surface area contributed by atoms with Gasteiger partial charge >= 0.3 is 11.9 Å². The van der Waals surface area contributed by atoms with Crippen LogP contribution >= 0.6 is 0 Å². The number of ether oxygens (including phenoxy) is 2. The minimum absolute atomic E-state index is 0.0689. The van der Waals surface area contributed by atoms with Gasteiger partial charge < -0.3 is 45.6 Å². The number of benzene rings is 3. The number of aliphatic hydroxyl groups excluding tert-OH is 3. The van der Waals surface area contributed by atoms with Crippen LogP contribution in [0.4, 0.5) is 5.69 Å². The molecule has 3 aliphatic heterocycles. The minimum Gasteiger partial charge on any atom is -0.507 e. The summed E-state index contributed by atoms with van der Waals surface area (Å²) in [5.74, 6) is 3.10. The van der Waals surface area contributed by atoms with Crippen molar-refractivity contribution >= 4 is 23.4 Å². The number of ketones is 1. The number of Topliss-reactive ketones (excluding diaryl/α,β-unsaturated/α-hetero) is 1. The molecule has 354 valence electrons. The van der Waals surface area contributed by atoms with Crippen molar-refractivity contribution in [1.82, 2.24) is 5.32 Å². The molecule has 2 aliphatic carbocycles. The lowest BCUT2D eigenvalue weighted by atomic mass is 9.66. The Hall–Kier alpha value is -5.55. The van der Waals surface area contributed by atoms with Gasteiger partial charge in [0.2, 0.25) is 0 Å². The molecule has 8 rings (SSSR count). The van der Waals surface area contributed by atoms with Crippen molar-refractivity contribution in [3.8, 4) is 23.3 Å². The first kappa shape index (κ1) is 47.9. The maximum atomic E-state index is 15.3. The van der Waals surface area contributed by atoms with E-state index in [2.05, 4.69) is 22.5 Å². The fourth-order valence-electron chi connectivity index (χ4n) is 10.8. The van der Waals surface area contributed by atoms with Crippen molar-refractivity contribution < 1.29 is 49.4 Å². The number of phenolic OH excluding ortho intramolecular Hbond substituents is 1. The summed E-state index contributed by atoms with van der Waals surface area (Å²) in [7, 11) is 1.74. The Morgan fingerprint density at radius 3 is 2.48 bits per heavy atom. The summed E-state index contributed by atoms with van der Waals surface area (Å²) in [4.78, 5) is 42.6. The SMILES string of the molecule is CCCC1(O)C2CCC(=O)C(Cc3cccc(c3)CC(O)C=C3CC(c4cc(NCC(C)O)cc(C(O)CNC)c4)C#CC4CC(=O)Oc5c4cc(c(O)c5C4C=CC=CC4)CC1OC3=O)C2. The van der Waals surface area contributed by atoms with Gasteiger partial charge in [0, 0.05) is 72.5 Å². The number of carbonyl (C=O) groups excluding carboxylic acids is 3. The third-order valence-electron chi connectivity index (χ3n) is 14.2. The number of carbonyl (C=O) groups is 3. The first-order valence-corrected chi connectivity index (χ1v) is 24.0. The normalized spacial score (nSPS) is 28.1. The maximum absolute atomic E-state index is 15.3. The number of phenols is 1. The number of allylic oxidation sites excluding steroid dienone is 4. The molecule has 12 heteroatoms. The van der Waals surface area contributed by atoms with Crippen molar-refractivity contribution in [2.75, 3.05) is 25.5 Å². The molecule has 0 radical (unpaired) electrons. The predicted octanol–water partition coefficient (Wildman–Crippen LogP) is 6.68. The van der Waals surface area contributed by atoms with Crippen molar-refractivity contribution in [2.45, 2.75) is 132 Å². The van der Waals surface area contributed by atoms with E-state index in [-0.39, 0.29) is 80.4 Å². The molecule has 1 fully saturated rings.